The second kappa shape index (κ2) is 6.88. The van der Waals surface area contributed by atoms with Gasteiger partial charge in [0, 0.05) is 12.5 Å². The van der Waals surface area contributed by atoms with Crippen LogP contribution in [0.2, 0.25) is 0 Å². The van der Waals surface area contributed by atoms with E-state index in [1.54, 1.807) is 6.07 Å². The van der Waals surface area contributed by atoms with E-state index in [2.05, 4.69) is 15.0 Å². The van der Waals surface area contributed by atoms with Crippen LogP contribution < -0.4 is 15.8 Å². The number of rotatable bonds is 4. The lowest BCUT2D eigenvalue weighted by molar-refractivity contribution is -0.117. The summed E-state index contributed by atoms with van der Waals surface area (Å²) in [5.41, 5.74) is 5.46. The van der Waals surface area contributed by atoms with Crippen LogP contribution in [0.25, 0.3) is 0 Å². The van der Waals surface area contributed by atoms with Gasteiger partial charge in [-0.25, -0.2) is 9.78 Å². The monoisotopic (exact) mass is 277 g/mol. The number of nitrogens with zero attached hydrogens (tertiary/aromatic N) is 1. The molecule has 3 N–H and O–H groups in total. The number of hydrogen-bond donors (Lipinski definition) is 2. The van der Waals surface area contributed by atoms with Crippen LogP contribution in [0.15, 0.2) is 18.3 Å². The standard InChI is InChI=1S/C14H19N3O3/c15-14(19)20-13-7-6-11(9-16-13)17-12(18)8-10-4-2-1-3-5-10/h6-7,9-10H,1-5,8H2,(H2,15,19)(H,17,18). The predicted molar refractivity (Wildman–Crippen MR) is 74.3 cm³/mol. The third kappa shape index (κ3) is 4.53. The first-order chi connectivity index (χ1) is 9.63. The lowest BCUT2D eigenvalue weighted by Gasteiger charge is -2.20. The number of nitrogens with one attached hydrogen (secondary N) is 1. The maximum absolute atomic E-state index is 11.9. The zero-order valence-electron chi connectivity index (χ0n) is 11.3. The van der Waals surface area contributed by atoms with E-state index < -0.39 is 6.09 Å². The number of anilines is 1. The highest BCUT2D eigenvalue weighted by molar-refractivity contribution is 5.90. The van der Waals surface area contributed by atoms with Gasteiger partial charge >= 0.3 is 6.09 Å². The molecule has 0 bridgehead atoms. The van der Waals surface area contributed by atoms with Crippen LogP contribution in [-0.4, -0.2) is 17.0 Å². The van der Waals surface area contributed by atoms with Gasteiger partial charge in [-0.2, -0.15) is 0 Å². The Morgan fingerprint density at radius 1 is 1.30 bits per heavy atom. The van der Waals surface area contributed by atoms with Gasteiger partial charge in [-0.1, -0.05) is 19.3 Å². The van der Waals surface area contributed by atoms with Crippen molar-refractivity contribution in [3.05, 3.63) is 18.3 Å². The van der Waals surface area contributed by atoms with Gasteiger partial charge in [0.15, 0.2) is 0 Å². The summed E-state index contributed by atoms with van der Waals surface area (Å²) in [6.07, 6.45) is 7.08. The van der Waals surface area contributed by atoms with Crippen LogP contribution in [0.5, 0.6) is 5.88 Å². The Balaban J connectivity index is 1.82. The SMILES string of the molecule is NC(=O)Oc1ccc(NC(=O)CC2CCCCC2)cn1. The molecule has 2 amide bonds. The summed E-state index contributed by atoms with van der Waals surface area (Å²) in [5, 5.41) is 2.80. The molecule has 0 atom stereocenters. The average Bonchev–Trinajstić information content (AvgIpc) is 2.41. The molecule has 1 aromatic rings. The fourth-order valence-electron chi connectivity index (χ4n) is 2.48. The van der Waals surface area contributed by atoms with Gasteiger partial charge in [0.25, 0.3) is 0 Å². The van der Waals surface area contributed by atoms with Crippen LogP contribution in [0, 0.1) is 5.92 Å². The van der Waals surface area contributed by atoms with Crippen molar-refractivity contribution in [2.75, 3.05) is 5.32 Å². The highest BCUT2D eigenvalue weighted by Gasteiger charge is 2.17. The first-order valence-electron chi connectivity index (χ1n) is 6.86. The van der Waals surface area contributed by atoms with E-state index in [9.17, 15) is 9.59 Å². The summed E-state index contributed by atoms with van der Waals surface area (Å²) in [5.74, 6) is 0.610. The van der Waals surface area contributed by atoms with E-state index in [-0.39, 0.29) is 11.8 Å². The Hall–Kier alpha value is -2.11. The van der Waals surface area contributed by atoms with E-state index in [1.807, 2.05) is 0 Å². The summed E-state index contributed by atoms with van der Waals surface area (Å²) in [4.78, 5) is 26.3. The number of hydrogen-bond acceptors (Lipinski definition) is 4. The zero-order valence-corrected chi connectivity index (χ0v) is 11.3. The molecule has 1 aliphatic rings. The number of carbonyl (C=O) groups is 2. The van der Waals surface area contributed by atoms with Crippen molar-refractivity contribution >= 4 is 17.7 Å². The number of primary amides is 1. The largest absolute Gasteiger partial charge is 0.411 e. The summed E-state index contributed by atoms with van der Waals surface area (Å²) >= 11 is 0. The molecule has 1 saturated carbocycles. The Morgan fingerprint density at radius 3 is 2.65 bits per heavy atom. The number of carbonyl (C=O) groups excluding carboxylic acids is 2. The summed E-state index contributed by atoms with van der Waals surface area (Å²) in [6.45, 7) is 0. The summed E-state index contributed by atoms with van der Waals surface area (Å²) in [7, 11) is 0. The average molecular weight is 277 g/mol. The quantitative estimate of drug-likeness (QED) is 0.883. The van der Waals surface area contributed by atoms with Crippen molar-refractivity contribution in [3.63, 3.8) is 0 Å². The van der Waals surface area contributed by atoms with Gasteiger partial charge < -0.3 is 15.8 Å². The third-order valence-corrected chi connectivity index (χ3v) is 3.42. The molecule has 20 heavy (non-hydrogen) atoms. The van der Waals surface area contributed by atoms with Gasteiger partial charge in [0.05, 0.1) is 11.9 Å². The van der Waals surface area contributed by atoms with Crippen molar-refractivity contribution < 1.29 is 14.3 Å². The highest BCUT2D eigenvalue weighted by Crippen LogP contribution is 2.26. The van der Waals surface area contributed by atoms with E-state index in [0.29, 0.717) is 18.0 Å². The van der Waals surface area contributed by atoms with Crippen molar-refractivity contribution in [2.45, 2.75) is 38.5 Å². The fraction of sp³-hybridized carbons (Fsp3) is 0.500. The molecule has 6 heteroatoms. The van der Waals surface area contributed by atoms with Crippen molar-refractivity contribution in [1.29, 1.82) is 0 Å². The Bertz CT molecular complexity index is 467. The van der Waals surface area contributed by atoms with Crippen molar-refractivity contribution in [1.82, 2.24) is 4.98 Å². The number of pyridine rings is 1. The molecule has 1 aromatic heterocycles. The Kier molecular flexibility index (Phi) is 4.92. The highest BCUT2D eigenvalue weighted by atomic mass is 16.6. The number of ether oxygens (including phenoxy) is 1. The molecule has 0 radical (unpaired) electrons. The number of aromatic nitrogens is 1. The van der Waals surface area contributed by atoms with Crippen LogP contribution >= 0.6 is 0 Å². The van der Waals surface area contributed by atoms with Crippen LogP contribution in [0.3, 0.4) is 0 Å². The van der Waals surface area contributed by atoms with E-state index >= 15 is 0 Å². The van der Waals surface area contributed by atoms with Gasteiger partial charge in [0.1, 0.15) is 0 Å². The first-order valence-corrected chi connectivity index (χ1v) is 6.86. The van der Waals surface area contributed by atoms with E-state index in [4.69, 9.17) is 5.73 Å². The minimum absolute atomic E-state index is 0.00210. The van der Waals surface area contributed by atoms with E-state index in [0.717, 1.165) is 12.8 Å². The summed E-state index contributed by atoms with van der Waals surface area (Å²) in [6, 6.07) is 3.12. The third-order valence-electron chi connectivity index (χ3n) is 3.42. The Labute approximate surface area is 117 Å². The van der Waals surface area contributed by atoms with Crippen LogP contribution in [-0.2, 0) is 4.79 Å². The molecule has 2 rings (SSSR count). The normalized spacial score (nSPS) is 15.6. The molecule has 0 unspecified atom stereocenters. The number of amides is 2. The number of nitrogens with two attached hydrogens (primary N) is 1. The molecule has 1 heterocycles. The molecule has 0 spiro atoms. The van der Waals surface area contributed by atoms with Crippen molar-refractivity contribution in [3.8, 4) is 5.88 Å². The fourth-order valence-corrected chi connectivity index (χ4v) is 2.48. The molecular weight excluding hydrogens is 258 g/mol. The van der Waals surface area contributed by atoms with Gasteiger partial charge in [-0.15, -0.1) is 0 Å². The summed E-state index contributed by atoms with van der Waals surface area (Å²) < 4.78 is 4.61. The lowest BCUT2D eigenvalue weighted by atomic mass is 9.87. The maximum atomic E-state index is 11.9. The minimum atomic E-state index is -0.911. The zero-order chi connectivity index (χ0) is 14.4. The van der Waals surface area contributed by atoms with Gasteiger partial charge in [0.2, 0.25) is 11.8 Å². The molecule has 108 valence electrons. The van der Waals surface area contributed by atoms with Crippen molar-refractivity contribution in [2.24, 2.45) is 11.7 Å². The molecule has 1 fully saturated rings. The van der Waals surface area contributed by atoms with Crippen LogP contribution in [0.1, 0.15) is 38.5 Å². The molecule has 6 nitrogen and oxygen atoms in total. The molecule has 0 aromatic carbocycles. The predicted octanol–water partition coefficient (Wildman–Crippen LogP) is 2.45. The minimum Gasteiger partial charge on any atom is -0.391 e. The van der Waals surface area contributed by atoms with Gasteiger partial charge in [-0.05, 0) is 24.8 Å². The molecule has 0 aliphatic heterocycles. The maximum Gasteiger partial charge on any atom is 0.411 e. The molecular formula is C14H19N3O3. The smallest absolute Gasteiger partial charge is 0.391 e. The lowest BCUT2D eigenvalue weighted by Crippen LogP contribution is -2.19. The second-order valence-electron chi connectivity index (χ2n) is 5.06. The topological polar surface area (TPSA) is 94.3 Å². The Morgan fingerprint density at radius 2 is 2.05 bits per heavy atom. The first kappa shape index (κ1) is 14.3. The molecule has 1 aliphatic carbocycles. The second-order valence-corrected chi connectivity index (χ2v) is 5.06. The van der Waals surface area contributed by atoms with Crippen LogP contribution in [0.4, 0.5) is 10.5 Å². The van der Waals surface area contributed by atoms with E-state index in [1.165, 1.54) is 31.5 Å². The van der Waals surface area contributed by atoms with Gasteiger partial charge in [-0.3, -0.25) is 4.79 Å². The molecule has 0 saturated heterocycles.